The SMILES string of the molecule is CCOC(C)OCC.Nc1ncnc2c1ncn2[C@@H]1O[C@H](CO)[C@@H](O)[C@H]1O.[SnH4]. The summed E-state index contributed by atoms with van der Waals surface area (Å²) in [5.41, 5.74) is 6.44. The van der Waals surface area contributed by atoms with Gasteiger partial charge in [0.1, 0.15) is 30.2 Å². The van der Waals surface area contributed by atoms with E-state index in [4.69, 9.17) is 25.1 Å². The molecule has 1 aliphatic heterocycles. The zero-order chi connectivity index (χ0) is 20.0. The van der Waals surface area contributed by atoms with Crippen LogP contribution in [-0.4, -0.2) is 103 Å². The average Bonchev–Trinajstić information content (AvgIpc) is 3.19. The molecule has 3 rings (SSSR count). The molecule has 160 valence electrons. The molecule has 1 saturated heterocycles. The van der Waals surface area contributed by atoms with Crippen LogP contribution in [-0.2, 0) is 14.2 Å². The molecule has 4 atom stereocenters. The molecule has 11 nitrogen and oxygen atoms in total. The Balaban J connectivity index is 0.000000376. The first-order valence-corrected chi connectivity index (χ1v) is 8.73. The Hall–Kier alpha value is -1.09. The van der Waals surface area contributed by atoms with E-state index >= 15 is 0 Å². The number of hydrogen-bond acceptors (Lipinski definition) is 10. The zero-order valence-electron chi connectivity index (χ0n) is 15.6. The molecule has 1 aliphatic rings. The number of nitrogen functional groups attached to an aromatic ring is 1. The summed E-state index contributed by atoms with van der Waals surface area (Å²) in [4.78, 5) is 11.9. The number of ether oxygens (including phenoxy) is 3. The van der Waals surface area contributed by atoms with Crippen LogP contribution in [0.1, 0.15) is 27.0 Å². The Kier molecular flexibility index (Phi) is 10.5. The summed E-state index contributed by atoms with van der Waals surface area (Å²) >= 11 is 0. The quantitative estimate of drug-likeness (QED) is 0.254. The third-order valence-corrected chi connectivity index (χ3v) is 3.98. The molecule has 0 bridgehead atoms. The maximum absolute atomic E-state index is 9.95. The van der Waals surface area contributed by atoms with Gasteiger partial charge >= 0.3 is 23.9 Å². The summed E-state index contributed by atoms with van der Waals surface area (Å²) in [7, 11) is 0. The van der Waals surface area contributed by atoms with Crippen LogP contribution in [0.2, 0.25) is 0 Å². The van der Waals surface area contributed by atoms with Gasteiger partial charge in [0.05, 0.1) is 12.9 Å². The van der Waals surface area contributed by atoms with Crippen molar-refractivity contribution in [1.29, 1.82) is 0 Å². The second-order valence-electron chi connectivity index (χ2n) is 5.79. The third-order valence-electron chi connectivity index (χ3n) is 3.98. The zero-order valence-corrected chi connectivity index (χ0v) is 15.6. The number of aromatic nitrogens is 4. The summed E-state index contributed by atoms with van der Waals surface area (Å²) in [5.74, 6) is 0.218. The Labute approximate surface area is 179 Å². The van der Waals surface area contributed by atoms with Gasteiger partial charge in [-0.2, -0.15) is 0 Å². The Morgan fingerprint density at radius 3 is 2.36 bits per heavy atom. The number of nitrogens with two attached hydrogens (primary N) is 1. The number of rotatable bonds is 6. The van der Waals surface area contributed by atoms with Gasteiger partial charge < -0.3 is 35.3 Å². The number of fused-ring (bicyclic) bond motifs is 1. The summed E-state index contributed by atoms with van der Waals surface area (Å²) in [5, 5.41) is 28.7. The van der Waals surface area contributed by atoms with E-state index in [9.17, 15) is 10.2 Å². The molecular formula is C16H31N5O6Sn. The first-order chi connectivity index (χ1) is 12.9. The van der Waals surface area contributed by atoms with E-state index in [1.165, 1.54) is 17.2 Å². The topological polar surface area (TPSA) is 158 Å². The van der Waals surface area contributed by atoms with Crippen molar-refractivity contribution in [2.24, 2.45) is 0 Å². The van der Waals surface area contributed by atoms with Gasteiger partial charge in [0.2, 0.25) is 0 Å². The molecule has 0 amide bonds. The van der Waals surface area contributed by atoms with E-state index in [2.05, 4.69) is 15.0 Å². The van der Waals surface area contributed by atoms with E-state index in [1.807, 2.05) is 20.8 Å². The molecule has 1 fully saturated rings. The Morgan fingerprint density at radius 2 is 1.82 bits per heavy atom. The molecule has 5 N–H and O–H groups in total. The van der Waals surface area contributed by atoms with Crippen LogP contribution in [0.3, 0.4) is 0 Å². The van der Waals surface area contributed by atoms with Crippen molar-refractivity contribution in [2.75, 3.05) is 25.6 Å². The number of anilines is 1. The van der Waals surface area contributed by atoms with Crippen molar-refractivity contribution in [1.82, 2.24) is 19.5 Å². The predicted octanol–water partition coefficient (Wildman–Crippen LogP) is -2.03. The second-order valence-corrected chi connectivity index (χ2v) is 5.79. The molecule has 0 aliphatic carbocycles. The Bertz CT molecular complexity index is 714. The van der Waals surface area contributed by atoms with E-state index in [-0.39, 0.29) is 36.0 Å². The van der Waals surface area contributed by atoms with Crippen molar-refractivity contribution in [3.05, 3.63) is 12.7 Å². The van der Waals surface area contributed by atoms with Gasteiger partial charge in [0.15, 0.2) is 24.0 Å². The molecule has 0 aromatic carbocycles. The minimum atomic E-state index is -1.19. The summed E-state index contributed by atoms with van der Waals surface area (Å²) < 4.78 is 17.0. The minimum absolute atomic E-state index is 0. The molecule has 0 unspecified atom stereocenters. The molecule has 0 spiro atoms. The van der Waals surface area contributed by atoms with Gasteiger partial charge in [-0.1, -0.05) is 0 Å². The van der Waals surface area contributed by atoms with Crippen LogP contribution in [0.5, 0.6) is 0 Å². The van der Waals surface area contributed by atoms with Crippen molar-refractivity contribution in [3.8, 4) is 0 Å². The predicted molar refractivity (Wildman–Crippen MR) is 107 cm³/mol. The molecule has 0 radical (unpaired) electrons. The number of imidazole rings is 1. The summed E-state index contributed by atoms with van der Waals surface area (Å²) in [6.45, 7) is 6.86. The summed E-state index contributed by atoms with van der Waals surface area (Å²) in [6, 6.07) is 0. The van der Waals surface area contributed by atoms with E-state index in [0.29, 0.717) is 11.2 Å². The third kappa shape index (κ3) is 5.72. The van der Waals surface area contributed by atoms with Crippen molar-refractivity contribution in [2.45, 2.75) is 51.6 Å². The molecule has 28 heavy (non-hydrogen) atoms. The molecule has 2 aromatic heterocycles. The Morgan fingerprint density at radius 1 is 1.18 bits per heavy atom. The van der Waals surface area contributed by atoms with Crippen LogP contribution in [0, 0.1) is 0 Å². The van der Waals surface area contributed by atoms with Crippen molar-refractivity contribution < 1.29 is 29.5 Å². The van der Waals surface area contributed by atoms with Gasteiger partial charge in [-0.05, 0) is 20.8 Å². The fraction of sp³-hybridized carbons (Fsp3) is 0.688. The maximum atomic E-state index is 9.95. The number of nitrogens with zero attached hydrogens (tertiary/aromatic N) is 4. The molecular weight excluding hydrogens is 477 g/mol. The van der Waals surface area contributed by atoms with Crippen molar-refractivity contribution >= 4 is 40.9 Å². The van der Waals surface area contributed by atoms with Crippen LogP contribution in [0.15, 0.2) is 12.7 Å². The average molecular weight is 508 g/mol. The number of hydrogen-bond donors (Lipinski definition) is 4. The van der Waals surface area contributed by atoms with E-state index in [1.54, 1.807) is 0 Å². The molecule has 12 heteroatoms. The van der Waals surface area contributed by atoms with E-state index in [0.717, 1.165) is 13.2 Å². The van der Waals surface area contributed by atoms with Gasteiger partial charge in [-0.3, -0.25) is 4.57 Å². The van der Waals surface area contributed by atoms with Crippen molar-refractivity contribution in [3.63, 3.8) is 0 Å². The van der Waals surface area contributed by atoms with Crippen LogP contribution >= 0.6 is 0 Å². The van der Waals surface area contributed by atoms with Gasteiger partial charge in [0, 0.05) is 13.2 Å². The molecule has 2 aromatic rings. The normalized spacial score (nSPS) is 24.1. The second kappa shape index (κ2) is 11.8. The van der Waals surface area contributed by atoms with E-state index < -0.39 is 31.1 Å². The summed E-state index contributed by atoms with van der Waals surface area (Å²) in [6.07, 6.45) is -1.46. The van der Waals surface area contributed by atoms with Gasteiger partial charge in [-0.15, -0.1) is 0 Å². The fourth-order valence-corrected chi connectivity index (χ4v) is 2.68. The molecule has 3 heterocycles. The van der Waals surface area contributed by atoms with Crippen LogP contribution in [0.25, 0.3) is 11.2 Å². The van der Waals surface area contributed by atoms with Crippen LogP contribution in [0.4, 0.5) is 5.82 Å². The number of aliphatic hydroxyl groups is 3. The monoisotopic (exact) mass is 509 g/mol. The van der Waals surface area contributed by atoms with Crippen LogP contribution < -0.4 is 5.73 Å². The fourth-order valence-electron chi connectivity index (χ4n) is 2.68. The molecule has 0 saturated carbocycles. The first-order valence-electron chi connectivity index (χ1n) is 8.73. The van der Waals surface area contributed by atoms with Gasteiger partial charge in [0.25, 0.3) is 0 Å². The first kappa shape index (κ1) is 24.9. The van der Waals surface area contributed by atoms with Gasteiger partial charge in [-0.25, -0.2) is 15.0 Å². The number of aliphatic hydroxyl groups excluding tert-OH is 3. The standard InChI is InChI=1S/C10H13N5O4.C6H14O2.Sn.4H/c11-8-5-9(13-2-12-8)15(3-14-5)10-7(18)6(17)4(1-16)19-10;1-4-7-6(3)8-5-2;;;;;/h2-4,6-7,10,16-18H,1H2,(H2,11,12,13);6H,4-5H2,1-3H3;;;;;/t4-,6-,7-,10-;;;;;;/m1....../s1.